The molecule has 2 aromatic carbocycles. The monoisotopic (exact) mass is 419 g/mol. The number of para-hydroxylation sites is 1. The molecular formula is C23H18FN3O2S. The fourth-order valence-electron chi connectivity index (χ4n) is 3.57. The van der Waals surface area contributed by atoms with Crippen LogP contribution in [0.2, 0.25) is 0 Å². The zero-order valence-corrected chi connectivity index (χ0v) is 16.8. The molecule has 4 aromatic rings. The second kappa shape index (κ2) is 7.84. The highest BCUT2D eigenvalue weighted by Gasteiger charge is 2.36. The first-order chi connectivity index (χ1) is 14.7. The van der Waals surface area contributed by atoms with Crippen molar-refractivity contribution in [3.63, 3.8) is 0 Å². The molecule has 0 unspecified atom stereocenters. The Hall–Kier alpha value is -3.32. The van der Waals surface area contributed by atoms with Gasteiger partial charge in [0.25, 0.3) is 0 Å². The van der Waals surface area contributed by atoms with Gasteiger partial charge in [-0.05, 0) is 48.5 Å². The van der Waals surface area contributed by atoms with Gasteiger partial charge in [-0.25, -0.2) is 9.07 Å². The van der Waals surface area contributed by atoms with E-state index in [0.29, 0.717) is 12.3 Å². The first-order valence-electron chi connectivity index (χ1n) is 9.53. The van der Waals surface area contributed by atoms with Crippen molar-refractivity contribution in [2.24, 2.45) is 0 Å². The molecule has 1 atom stereocenters. The second-order valence-electron chi connectivity index (χ2n) is 6.98. The lowest BCUT2D eigenvalue weighted by Crippen LogP contribution is -2.27. The minimum Gasteiger partial charge on any atom is -0.467 e. The van der Waals surface area contributed by atoms with Crippen molar-refractivity contribution in [2.45, 2.75) is 11.9 Å². The molecule has 0 bridgehead atoms. The summed E-state index contributed by atoms with van der Waals surface area (Å²) < 4.78 is 20.8. The molecule has 1 aliphatic heterocycles. The molecule has 0 saturated carbocycles. The van der Waals surface area contributed by atoms with E-state index >= 15 is 0 Å². The van der Waals surface area contributed by atoms with E-state index in [1.165, 1.54) is 12.1 Å². The molecule has 0 N–H and O–H groups in total. The smallest absolute Gasteiger partial charge is 0.234 e. The Labute approximate surface area is 177 Å². The molecule has 30 heavy (non-hydrogen) atoms. The van der Waals surface area contributed by atoms with Gasteiger partial charge in [0.15, 0.2) is 0 Å². The van der Waals surface area contributed by atoms with E-state index in [-0.39, 0.29) is 17.1 Å². The number of nitrogens with zero attached hydrogens (tertiary/aromatic N) is 3. The van der Waals surface area contributed by atoms with Crippen LogP contribution in [0, 0.1) is 5.82 Å². The van der Waals surface area contributed by atoms with Gasteiger partial charge in [0, 0.05) is 17.3 Å². The molecule has 2 aromatic heterocycles. The van der Waals surface area contributed by atoms with Crippen LogP contribution in [0.3, 0.4) is 0 Å². The average Bonchev–Trinajstić information content (AvgIpc) is 3.51. The first kappa shape index (κ1) is 18.7. The summed E-state index contributed by atoms with van der Waals surface area (Å²) in [6.45, 7) is 0.392. The van der Waals surface area contributed by atoms with E-state index in [4.69, 9.17) is 9.52 Å². The van der Waals surface area contributed by atoms with Crippen LogP contribution in [-0.4, -0.2) is 26.3 Å². The second-order valence-corrected chi connectivity index (χ2v) is 8.05. The lowest BCUT2D eigenvalue weighted by atomic mass is 10.1. The van der Waals surface area contributed by atoms with Gasteiger partial charge in [0.05, 0.1) is 29.9 Å². The number of carbonyl (C=O) groups excluding carboxylic acids is 1. The summed E-state index contributed by atoms with van der Waals surface area (Å²) in [5.41, 5.74) is 3.36. The van der Waals surface area contributed by atoms with E-state index in [0.717, 1.165) is 28.3 Å². The number of rotatable bonds is 5. The summed E-state index contributed by atoms with van der Waals surface area (Å²) >= 11 is 1.56. The van der Waals surface area contributed by atoms with Crippen molar-refractivity contribution < 1.29 is 13.6 Å². The van der Waals surface area contributed by atoms with Gasteiger partial charge in [-0.1, -0.05) is 18.2 Å². The highest BCUT2D eigenvalue weighted by molar-refractivity contribution is 8.00. The molecule has 7 heteroatoms. The summed E-state index contributed by atoms with van der Waals surface area (Å²) in [7, 11) is 0. The van der Waals surface area contributed by atoms with E-state index in [9.17, 15) is 9.18 Å². The van der Waals surface area contributed by atoms with Gasteiger partial charge >= 0.3 is 0 Å². The number of aromatic nitrogens is 2. The minimum atomic E-state index is -0.298. The molecule has 0 aliphatic carbocycles. The number of thioether (sulfide) groups is 1. The van der Waals surface area contributed by atoms with Crippen molar-refractivity contribution in [3.05, 3.63) is 96.3 Å². The topological polar surface area (TPSA) is 51.3 Å². The Morgan fingerprint density at radius 2 is 1.87 bits per heavy atom. The number of carbonyl (C=O) groups is 1. The van der Waals surface area contributed by atoms with E-state index in [1.807, 2.05) is 58.2 Å². The average molecular weight is 419 g/mol. The molecule has 1 saturated heterocycles. The predicted octanol–water partition coefficient (Wildman–Crippen LogP) is 5.05. The third-order valence-corrected chi connectivity index (χ3v) is 6.26. The molecule has 0 radical (unpaired) electrons. The van der Waals surface area contributed by atoms with Crippen molar-refractivity contribution >= 4 is 17.7 Å². The maximum absolute atomic E-state index is 13.5. The van der Waals surface area contributed by atoms with E-state index in [2.05, 4.69) is 0 Å². The third-order valence-electron chi connectivity index (χ3n) is 5.02. The van der Waals surface area contributed by atoms with Crippen LogP contribution in [0.1, 0.15) is 16.7 Å². The summed E-state index contributed by atoms with van der Waals surface area (Å²) in [4.78, 5) is 14.4. The standard InChI is InChI=1S/C23H18FN3O2S/c24-17-10-8-16(9-11-17)22-20(14-27(25-22)18-5-2-1-3-6-18)23-26(21(28)15-30-23)13-19-7-4-12-29-19/h1-12,14,23H,13,15H2/t23-/m0/s1. The molecule has 5 nitrogen and oxygen atoms in total. The zero-order valence-electron chi connectivity index (χ0n) is 15.9. The SMILES string of the molecule is O=C1CS[C@@H](c2cn(-c3ccccc3)nc2-c2ccc(F)cc2)N1Cc1ccco1. The fraction of sp³-hybridized carbons (Fsp3) is 0.130. The lowest BCUT2D eigenvalue weighted by Gasteiger charge is -2.23. The molecule has 5 rings (SSSR count). The highest BCUT2D eigenvalue weighted by atomic mass is 32.2. The molecule has 3 heterocycles. The van der Waals surface area contributed by atoms with Gasteiger partial charge in [0.2, 0.25) is 5.91 Å². The normalized spacial score (nSPS) is 16.4. The number of hydrogen-bond acceptors (Lipinski definition) is 4. The van der Waals surface area contributed by atoms with Gasteiger partial charge in [-0.3, -0.25) is 4.79 Å². The maximum atomic E-state index is 13.5. The van der Waals surface area contributed by atoms with Crippen molar-refractivity contribution in [1.29, 1.82) is 0 Å². The van der Waals surface area contributed by atoms with Crippen LogP contribution >= 0.6 is 11.8 Å². The molecule has 1 fully saturated rings. The van der Waals surface area contributed by atoms with E-state index < -0.39 is 0 Å². The number of amides is 1. The van der Waals surface area contributed by atoms with Crippen LogP contribution in [0.25, 0.3) is 16.9 Å². The van der Waals surface area contributed by atoms with Gasteiger partial charge in [-0.2, -0.15) is 5.10 Å². The van der Waals surface area contributed by atoms with E-state index in [1.54, 1.807) is 30.2 Å². The number of halogens is 1. The fourth-order valence-corrected chi connectivity index (χ4v) is 4.76. The molecule has 1 aliphatic rings. The Bertz CT molecular complexity index is 1160. The summed E-state index contributed by atoms with van der Waals surface area (Å²) in [5.74, 6) is 0.881. The van der Waals surface area contributed by atoms with Gasteiger partial charge in [0.1, 0.15) is 17.0 Å². The first-order valence-corrected chi connectivity index (χ1v) is 10.6. The quantitative estimate of drug-likeness (QED) is 0.454. The maximum Gasteiger partial charge on any atom is 0.234 e. The summed E-state index contributed by atoms with van der Waals surface area (Å²) in [6, 6.07) is 19.8. The van der Waals surface area contributed by atoms with Crippen molar-refractivity contribution in [3.8, 4) is 16.9 Å². The highest BCUT2D eigenvalue weighted by Crippen LogP contribution is 2.43. The van der Waals surface area contributed by atoms with Crippen LogP contribution in [0.4, 0.5) is 4.39 Å². The largest absolute Gasteiger partial charge is 0.467 e. The zero-order chi connectivity index (χ0) is 20.5. The molecular weight excluding hydrogens is 401 g/mol. The van der Waals surface area contributed by atoms with Crippen LogP contribution in [0.15, 0.2) is 83.6 Å². The van der Waals surface area contributed by atoms with Gasteiger partial charge < -0.3 is 9.32 Å². The number of furan rings is 1. The van der Waals surface area contributed by atoms with Gasteiger partial charge in [-0.15, -0.1) is 11.8 Å². The number of benzene rings is 2. The molecule has 1 amide bonds. The predicted molar refractivity (Wildman–Crippen MR) is 113 cm³/mol. The third kappa shape index (κ3) is 3.52. The Morgan fingerprint density at radius 1 is 1.07 bits per heavy atom. The summed E-state index contributed by atoms with van der Waals surface area (Å²) in [5, 5.41) is 4.59. The molecule has 0 spiro atoms. The van der Waals surface area contributed by atoms with Crippen LogP contribution < -0.4 is 0 Å². The number of hydrogen-bond donors (Lipinski definition) is 0. The Morgan fingerprint density at radius 3 is 2.60 bits per heavy atom. The lowest BCUT2D eigenvalue weighted by molar-refractivity contribution is -0.128. The van der Waals surface area contributed by atoms with Crippen molar-refractivity contribution in [2.75, 3.05) is 5.75 Å². The Kier molecular flexibility index (Phi) is 4.88. The van der Waals surface area contributed by atoms with Crippen molar-refractivity contribution in [1.82, 2.24) is 14.7 Å². The Balaban J connectivity index is 1.59. The van der Waals surface area contributed by atoms with Crippen LogP contribution in [-0.2, 0) is 11.3 Å². The molecule has 150 valence electrons. The summed E-state index contributed by atoms with van der Waals surface area (Å²) in [6.07, 6.45) is 3.56. The minimum absolute atomic E-state index is 0.0546. The van der Waals surface area contributed by atoms with Crippen LogP contribution in [0.5, 0.6) is 0 Å².